The maximum absolute atomic E-state index is 13.3. The molecule has 1 aliphatic heterocycles. The van der Waals surface area contributed by atoms with E-state index in [1.807, 2.05) is 36.4 Å². The Hall–Kier alpha value is -3.65. The van der Waals surface area contributed by atoms with Gasteiger partial charge in [0, 0.05) is 41.6 Å². The van der Waals surface area contributed by atoms with Gasteiger partial charge in [-0.25, -0.2) is 0 Å². The van der Waals surface area contributed by atoms with Crippen LogP contribution in [0.15, 0.2) is 64.6 Å². The molecular weight excluding hydrogens is 336 g/mol. The number of benzene rings is 2. The van der Waals surface area contributed by atoms with Gasteiger partial charge in [-0.2, -0.15) is 5.26 Å². The smallest absolute Gasteiger partial charge is 0.199 e. The minimum absolute atomic E-state index is 0.0788. The van der Waals surface area contributed by atoms with Gasteiger partial charge in [-0.3, -0.25) is 9.79 Å². The summed E-state index contributed by atoms with van der Waals surface area (Å²) in [6, 6.07) is 16.1. The molecule has 0 saturated heterocycles. The number of H-pyrrole nitrogens is 1. The Morgan fingerprint density at radius 3 is 2.78 bits per heavy atom. The van der Waals surface area contributed by atoms with Crippen molar-refractivity contribution in [3.05, 3.63) is 76.1 Å². The van der Waals surface area contributed by atoms with E-state index in [9.17, 15) is 10.1 Å². The number of nitriles is 1. The van der Waals surface area contributed by atoms with Gasteiger partial charge in [-0.1, -0.05) is 30.3 Å². The summed E-state index contributed by atoms with van der Waals surface area (Å²) in [6.07, 6.45) is 4.34. The van der Waals surface area contributed by atoms with Gasteiger partial charge in [-0.05, 0) is 24.1 Å². The van der Waals surface area contributed by atoms with Crippen molar-refractivity contribution in [1.82, 2.24) is 9.55 Å². The van der Waals surface area contributed by atoms with Crippen LogP contribution >= 0.6 is 0 Å². The molecule has 5 rings (SSSR count). The molecule has 4 aromatic rings. The Morgan fingerprint density at radius 1 is 1.11 bits per heavy atom. The summed E-state index contributed by atoms with van der Waals surface area (Å²) in [7, 11) is 0. The molecule has 27 heavy (non-hydrogen) atoms. The first-order valence-electron chi connectivity index (χ1n) is 8.96. The first-order chi connectivity index (χ1) is 13.3. The third-order valence-corrected chi connectivity index (χ3v) is 5.18. The molecule has 130 valence electrons. The van der Waals surface area contributed by atoms with Crippen molar-refractivity contribution in [2.45, 2.75) is 13.0 Å². The van der Waals surface area contributed by atoms with Crippen LogP contribution in [0.2, 0.25) is 0 Å². The van der Waals surface area contributed by atoms with Crippen molar-refractivity contribution >= 4 is 21.5 Å². The van der Waals surface area contributed by atoms with E-state index in [0.29, 0.717) is 39.1 Å². The van der Waals surface area contributed by atoms with Gasteiger partial charge in [0.1, 0.15) is 11.6 Å². The van der Waals surface area contributed by atoms with E-state index in [0.717, 1.165) is 24.2 Å². The topological polar surface area (TPSA) is 73.9 Å². The van der Waals surface area contributed by atoms with Gasteiger partial charge in [0.25, 0.3) is 0 Å². The molecule has 0 radical (unpaired) electrons. The van der Waals surface area contributed by atoms with Crippen molar-refractivity contribution in [3.8, 4) is 17.3 Å². The minimum atomic E-state index is -0.0788. The predicted octanol–water partition coefficient (Wildman–Crippen LogP) is 3.33. The standard InChI is InChI=1S/C22H16N4O/c23-12-17-15-7-9-24-13-18(15)21(27)20-16(17)11-19(14-5-2-1-3-6-14)26-10-4-8-25-22(20)26/h1-3,5-7,9,11,13,24H,4,8,10H2. The second-order valence-electron chi connectivity index (χ2n) is 6.68. The molecule has 5 heteroatoms. The van der Waals surface area contributed by atoms with E-state index in [1.165, 1.54) is 0 Å². The van der Waals surface area contributed by atoms with Crippen molar-refractivity contribution in [1.29, 1.82) is 5.26 Å². The SMILES string of the molecule is N#Cc1c2cc[nH]cc2c(=O)c2c3n(c(-c4ccccc4)cc12)CCCN=3. The third-order valence-electron chi connectivity index (χ3n) is 5.18. The molecule has 0 bridgehead atoms. The summed E-state index contributed by atoms with van der Waals surface area (Å²) in [4.78, 5) is 20.9. The Bertz CT molecular complexity index is 1370. The maximum atomic E-state index is 13.3. The second kappa shape index (κ2) is 5.96. The molecule has 0 atom stereocenters. The minimum Gasteiger partial charge on any atom is -0.367 e. The molecule has 0 amide bonds. The molecule has 2 aromatic carbocycles. The zero-order chi connectivity index (χ0) is 18.4. The molecule has 5 nitrogen and oxygen atoms in total. The Morgan fingerprint density at radius 2 is 1.96 bits per heavy atom. The monoisotopic (exact) mass is 352 g/mol. The molecule has 1 aliphatic rings. The zero-order valence-corrected chi connectivity index (χ0v) is 14.6. The fraction of sp³-hybridized carbons (Fsp3) is 0.136. The Balaban J connectivity index is 2.07. The molecule has 1 N–H and O–H groups in total. The highest BCUT2D eigenvalue weighted by Gasteiger charge is 2.19. The summed E-state index contributed by atoms with van der Waals surface area (Å²) >= 11 is 0. The third kappa shape index (κ3) is 2.24. The van der Waals surface area contributed by atoms with Crippen molar-refractivity contribution < 1.29 is 0 Å². The van der Waals surface area contributed by atoms with E-state index in [1.54, 1.807) is 18.5 Å². The number of hydrogen-bond donors (Lipinski definition) is 1. The van der Waals surface area contributed by atoms with Gasteiger partial charge in [0.15, 0.2) is 5.43 Å². The highest BCUT2D eigenvalue weighted by molar-refractivity contribution is 6.04. The van der Waals surface area contributed by atoms with Crippen LogP contribution in [0.25, 0.3) is 32.8 Å². The van der Waals surface area contributed by atoms with Crippen LogP contribution in [0, 0.1) is 11.3 Å². The first-order valence-corrected chi connectivity index (χ1v) is 8.96. The lowest BCUT2D eigenvalue weighted by molar-refractivity contribution is 0.582. The lowest BCUT2D eigenvalue weighted by Crippen LogP contribution is -2.31. The highest BCUT2D eigenvalue weighted by atomic mass is 16.1. The van der Waals surface area contributed by atoms with Crippen LogP contribution in [-0.4, -0.2) is 16.1 Å². The summed E-state index contributed by atoms with van der Waals surface area (Å²) in [5.74, 6) is 0. The van der Waals surface area contributed by atoms with Crippen molar-refractivity contribution in [2.24, 2.45) is 4.99 Å². The van der Waals surface area contributed by atoms with Gasteiger partial charge >= 0.3 is 0 Å². The number of nitrogens with zero attached hydrogens (tertiary/aromatic N) is 3. The molecule has 0 unspecified atom stereocenters. The van der Waals surface area contributed by atoms with Crippen molar-refractivity contribution in [3.63, 3.8) is 0 Å². The zero-order valence-electron chi connectivity index (χ0n) is 14.6. The number of aromatic amines is 1. The summed E-state index contributed by atoms with van der Waals surface area (Å²) in [5.41, 5.74) is 3.17. The average molecular weight is 352 g/mol. The number of aromatic nitrogens is 2. The normalized spacial score (nSPS) is 13.1. The van der Waals surface area contributed by atoms with Crippen LogP contribution in [0.4, 0.5) is 0 Å². The lowest BCUT2D eigenvalue weighted by atomic mass is 9.96. The Kier molecular flexibility index (Phi) is 3.44. The summed E-state index contributed by atoms with van der Waals surface area (Å²) in [6.45, 7) is 1.49. The molecule has 0 saturated carbocycles. The molecule has 3 heterocycles. The fourth-order valence-electron chi connectivity index (χ4n) is 3.97. The lowest BCUT2D eigenvalue weighted by Gasteiger charge is -2.20. The molecule has 0 aliphatic carbocycles. The Labute approximate surface area is 154 Å². The molecule has 0 fully saturated rings. The summed E-state index contributed by atoms with van der Waals surface area (Å²) < 4.78 is 2.11. The molecular formula is C22H16N4O. The van der Waals surface area contributed by atoms with Crippen LogP contribution in [-0.2, 0) is 6.54 Å². The maximum Gasteiger partial charge on any atom is 0.199 e. The van der Waals surface area contributed by atoms with Gasteiger partial charge < -0.3 is 9.55 Å². The van der Waals surface area contributed by atoms with Gasteiger partial charge in [-0.15, -0.1) is 0 Å². The van der Waals surface area contributed by atoms with Crippen LogP contribution in [0.5, 0.6) is 0 Å². The molecule has 2 aromatic heterocycles. The summed E-state index contributed by atoms with van der Waals surface area (Å²) in [5, 5.41) is 12.3. The van der Waals surface area contributed by atoms with E-state index in [4.69, 9.17) is 4.99 Å². The number of nitrogens with one attached hydrogen (secondary N) is 1. The van der Waals surface area contributed by atoms with Crippen LogP contribution in [0.3, 0.4) is 0 Å². The number of fused-ring (bicyclic) bond motifs is 4. The second-order valence-corrected chi connectivity index (χ2v) is 6.68. The average Bonchev–Trinajstić information content (AvgIpc) is 2.74. The quantitative estimate of drug-likeness (QED) is 0.534. The van der Waals surface area contributed by atoms with Gasteiger partial charge in [0.2, 0.25) is 0 Å². The predicted molar refractivity (Wildman–Crippen MR) is 105 cm³/mol. The van der Waals surface area contributed by atoms with Crippen LogP contribution in [0.1, 0.15) is 12.0 Å². The fourth-order valence-corrected chi connectivity index (χ4v) is 3.97. The highest BCUT2D eigenvalue weighted by Crippen LogP contribution is 2.27. The molecule has 0 spiro atoms. The van der Waals surface area contributed by atoms with Gasteiger partial charge in [0.05, 0.1) is 16.6 Å². The largest absolute Gasteiger partial charge is 0.367 e. The number of pyridine rings is 2. The first kappa shape index (κ1) is 15.6. The number of rotatable bonds is 1. The van der Waals surface area contributed by atoms with E-state index in [2.05, 4.69) is 15.6 Å². The van der Waals surface area contributed by atoms with E-state index >= 15 is 0 Å². The van der Waals surface area contributed by atoms with Crippen LogP contribution < -0.4 is 10.9 Å². The van der Waals surface area contributed by atoms with Crippen molar-refractivity contribution in [2.75, 3.05) is 6.54 Å². The van der Waals surface area contributed by atoms with E-state index < -0.39 is 0 Å². The van der Waals surface area contributed by atoms with E-state index in [-0.39, 0.29) is 5.43 Å². The number of hydrogen-bond acceptors (Lipinski definition) is 3.